The number of aliphatic hydroxyl groups excluding tert-OH is 2. The number of ketones is 1. The van der Waals surface area contributed by atoms with Gasteiger partial charge in [-0.3, -0.25) is 4.79 Å². The topological polar surface area (TPSA) is 57.5 Å². The van der Waals surface area contributed by atoms with E-state index in [4.69, 9.17) is 5.11 Å². The summed E-state index contributed by atoms with van der Waals surface area (Å²) in [7, 11) is 0. The maximum atomic E-state index is 11.5. The monoisotopic (exact) mass is 198 g/mol. The molecule has 1 rings (SSSR count). The van der Waals surface area contributed by atoms with Gasteiger partial charge in [0.1, 0.15) is 6.10 Å². The van der Waals surface area contributed by atoms with Crippen molar-refractivity contribution in [2.45, 2.75) is 39.7 Å². The van der Waals surface area contributed by atoms with E-state index in [0.29, 0.717) is 18.4 Å². The zero-order chi connectivity index (χ0) is 10.9. The standard InChI is InChI=1S/C11H18O3/c1-7-8(4-5-12)11(2,3)6-9(13)10(7)14/h9,12-13H,4-6H2,1-3H3/t9-/m1/s1. The van der Waals surface area contributed by atoms with Gasteiger partial charge in [-0.25, -0.2) is 0 Å². The molecule has 0 aromatic rings. The van der Waals surface area contributed by atoms with Crippen molar-refractivity contribution in [3.63, 3.8) is 0 Å². The van der Waals surface area contributed by atoms with Gasteiger partial charge in [0, 0.05) is 6.61 Å². The van der Waals surface area contributed by atoms with Crippen molar-refractivity contribution >= 4 is 5.78 Å². The van der Waals surface area contributed by atoms with E-state index >= 15 is 0 Å². The van der Waals surface area contributed by atoms with Crippen molar-refractivity contribution in [2.24, 2.45) is 5.41 Å². The van der Waals surface area contributed by atoms with Crippen LogP contribution in [0.3, 0.4) is 0 Å². The molecule has 0 aromatic heterocycles. The molecule has 2 N–H and O–H groups in total. The third kappa shape index (κ3) is 1.88. The molecule has 1 aliphatic carbocycles. The van der Waals surface area contributed by atoms with Crippen LogP contribution >= 0.6 is 0 Å². The van der Waals surface area contributed by atoms with E-state index in [1.807, 2.05) is 13.8 Å². The number of carbonyl (C=O) groups is 1. The molecule has 0 radical (unpaired) electrons. The lowest BCUT2D eigenvalue weighted by Crippen LogP contribution is -2.36. The van der Waals surface area contributed by atoms with Crippen LogP contribution < -0.4 is 0 Å². The van der Waals surface area contributed by atoms with Crippen molar-refractivity contribution in [3.05, 3.63) is 11.1 Å². The molecule has 0 aliphatic heterocycles. The van der Waals surface area contributed by atoms with Crippen LogP contribution in [0.15, 0.2) is 11.1 Å². The molecule has 0 fully saturated rings. The average Bonchev–Trinajstić information content (AvgIpc) is 2.08. The Bertz CT molecular complexity index is 276. The summed E-state index contributed by atoms with van der Waals surface area (Å²) in [6.07, 6.45) is 0.114. The van der Waals surface area contributed by atoms with E-state index in [0.717, 1.165) is 5.57 Å². The third-order valence-electron chi connectivity index (χ3n) is 3.01. The lowest BCUT2D eigenvalue weighted by atomic mass is 9.70. The second-order valence-electron chi connectivity index (χ2n) is 4.55. The minimum absolute atomic E-state index is 0.0550. The molecule has 0 bridgehead atoms. The SMILES string of the molecule is CC1=C(CCO)C(C)(C)C[C@@H](O)C1=O. The first-order valence-electron chi connectivity index (χ1n) is 4.93. The normalized spacial score (nSPS) is 26.9. The molecular weight excluding hydrogens is 180 g/mol. The first-order valence-corrected chi connectivity index (χ1v) is 4.93. The van der Waals surface area contributed by atoms with Crippen molar-refractivity contribution in [3.8, 4) is 0 Å². The summed E-state index contributed by atoms with van der Waals surface area (Å²) in [5, 5.41) is 18.4. The van der Waals surface area contributed by atoms with Crippen LogP contribution in [0.4, 0.5) is 0 Å². The predicted octanol–water partition coefficient (Wildman–Crippen LogP) is 1.05. The van der Waals surface area contributed by atoms with Gasteiger partial charge in [0.25, 0.3) is 0 Å². The molecule has 0 saturated carbocycles. The molecule has 0 amide bonds. The minimum Gasteiger partial charge on any atom is -0.396 e. The maximum Gasteiger partial charge on any atom is 0.186 e. The molecule has 0 spiro atoms. The zero-order valence-electron chi connectivity index (χ0n) is 9.00. The van der Waals surface area contributed by atoms with Gasteiger partial charge >= 0.3 is 0 Å². The van der Waals surface area contributed by atoms with Crippen molar-refractivity contribution in [1.29, 1.82) is 0 Å². The van der Waals surface area contributed by atoms with Crippen LogP contribution in [-0.4, -0.2) is 28.7 Å². The van der Waals surface area contributed by atoms with Crippen molar-refractivity contribution in [1.82, 2.24) is 0 Å². The second-order valence-corrected chi connectivity index (χ2v) is 4.55. The Hall–Kier alpha value is -0.670. The zero-order valence-corrected chi connectivity index (χ0v) is 9.00. The molecule has 0 unspecified atom stereocenters. The summed E-state index contributed by atoms with van der Waals surface area (Å²) >= 11 is 0. The quantitative estimate of drug-likeness (QED) is 0.697. The number of aliphatic hydroxyl groups is 2. The van der Waals surface area contributed by atoms with Gasteiger partial charge in [-0.1, -0.05) is 19.4 Å². The van der Waals surface area contributed by atoms with Gasteiger partial charge in [0.15, 0.2) is 5.78 Å². The summed E-state index contributed by atoms with van der Waals surface area (Å²) in [4.78, 5) is 11.5. The highest BCUT2D eigenvalue weighted by atomic mass is 16.3. The van der Waals surface area contributed by atoms with Crippen LogP contribution in [0.5, 0.6) is 0 Å². The molecule has 3 heteroatoms. The average molecular weight is 198 g/mol. The Kier molecular flexibility index (Phi) is 3.12. The van der Waals surface area contributed by atoms with Crippen LogP contribution in [0.2, 0.25) is 0 Å². The van der Waals surface area contributed by atoms with Gasteiger partial charge in [-0.05, 0) is 30.8 Å². The molecule has 1 aliphatic rings. The van der Waals surface area contributed by atoms with Gasteiger partial charge in [-0.15, -0.1) is 0 Å². The number of Topliss-reactive ketones (excluding diaryl/α,β-unsaturated/α-hetero) is 1. The van der Waals surface area contributed by atoms with Crippen LogP contribution in [0.1, 0.15) is 33.6 Å². The fourth-order valence-electron chi connectivity index (χ4n) is 2.24. The van der Waals surface area contributed by atoms with E-state index in [9.17, 15) is 9.90 Å². The van der Waals surface area contributed by atoms with Crippen molar-refractivity contribution in [2.75, 3.05) is 6.61 Å². The molecule has 3 nitrogen and oxygen atoms in total. The maximum absolute atomic E-state index is 11.5. The lowest BCUT2D eigenvalue weighted by Gasteiger charge is -2.36. The van der Waals surface area contributed by atoms with Crippen LogP contribution in [-0.2, 0) is 4.79 Å². The fourth-order valence-corrected chi connectivity index (χ4v) is 2.24. The van der Waals surface area contributed by atoms with E-state index in [2.05, 4.69) is 0 Å². The summed E-state index contributed by atoms with van der Waals surface area (Å²) in [5.41, 5.74) is 1.43. The van der Waals surface area contributed by atoms with E-state index < -0.39 is 6.10 Å². The second kappa shape index (κ2) is 3.83. The summed E-state index contributed by atoms with van der Waals surface area (Å²) in [5.74, 6) is -0.187. The molecule has 0 saturated heterocycles. The van der Waals surface area contributed by atoms with Crippen LogP contribution in [0.25, 0.3) is 0 Å². The highest BCUT2D eigenvalue weighted by Gasteiger charge is 2.37. The molecule has 0 heterocycles. The highest BCUT2D eigenvalue weighted by molar-refractivity contribution is 6.00. The van der Waals surface area contributed by atoms with E-state index in [1.165, 1.54) is 0 Å². The Morgan fingerprint density at radius 1 is 1.50 bits per heavy atom. The number of hydrogen-bond donors (Lipinski definition) is 2. The van der Waals surface area contributed by atoms with Crippen LogP contribution in [0, 0.1) is 5.41 Å². The summed E-state index contributed by atoms with van der Waals surface area (Å²) in [6, 6.07) is 0. The highest BCUT2D eigenvalue weighted by Crippen LogP contribution is 2.40. The first-order chi connectivity index (χ1) is 6.40. The molecular formula is C11H18O3. The lowest BCUT2D eigenvalue weighted by molar-refractivity contribution is -0.125. The largest absolute Gasteiger partial charge is 0.396 e. The molecule has 14 heavy (non-hydrogen) atoms. The number of rotatable bonds is 2. The van der Waals surface area contributed by atoms with Gasteiger partial charge in [0.2, 0.25) is 0 Å². The molecule has 0 aromatic carbocycles. The van der Waals surface area contributed by atoms with E-state index in [1.54, 1.807) is 6.92 Å². The fraction of sp³-hybridized carbons (Fsp3) is 0.727. The van der Waals surface area contributed by atoms with Gasteiger partial charge < -0.3 is 10.2 Å². The first kappa shape index (κ1) is 11.4. The van der Waals surface area contributed by atoms with E-state index in [-0.39, 0.29) is 17.8 Å². The summed E-state index contributed by atoms with van der Waals surface area (Å²) in [6.45, 7) is 5.78. The number of hydrogen-bond acceptors (Lipinski definition) is 3. The predicted molar refractivity (Wildman–Crippen MR) is 53.8 cm³/mol. The Morgan fingerprint density at radius 3 is 2.57 bits per heavy atom. The Balaban J connectivity index is 3.10. The van der Waals surface area contributed by atoms with Crippen molar-refractivity contribution < 1.29 is 15.0 Å². The smallest absolute Gasteiger partial charge is 0.186 e. The molecule has 80 valence electrons. The molecule has 1 atom stereocenters. The number of carbonyl (C=O) groups excluding carboxylic acids is 1. The van der Waals surface area contributed by atoms with Gasteiger partial charge in [0.05, 0.1) is 0 Å². The minimum atomic E-state index is -0.868. The Morgan fingerprint density at radius 2 is 2.07 bits per heavy atom. The van der Waals surface area contributed by atoms with Gasteiger partial charge in [-0.2, -0.15) is 0 Å². The summed E-state index contributed by atoms with van der Waals surface area (Å²) < 4.78 is 0. The third-order valence-corrected chi connectivity index (χ3v) is 3.01. The Labute approximate surface area is 84.4 Å².